The molecule has 0 aromatic carbocycles. The molecule has 0 radical (unpaired) electrons. The van der Waals surface area contributed by atoms with Crippen molar-refractivity contribution >= 4 is 18.3 Å². The van der Waals surface area contributed by atoms with E-state index in [2.05, 4.69) is 5.32 Å². The van der Waals surface area contributed by atoms with E-state index in [9.17, 15) is 4.79 Å². The lowest BCUT2D eigenvalue weighted by molar-refractivity contribution is -0.122. The maximum Gasteiger partial charge on any atom is 0.222 e. The Labute approximate surface area is 97.3 Å². The van der Waals surface area contributed by atoms with Crippen LogP contribution in [0.3, 0.4) is 0 Å². The van der Waals surface area contributed by atoms with Crippen molar-refractivity contribution in [2.75, 3.05) is 19.8 Å². The third kappa shape index (κ3) is 7.59. The van der Waals surface area contributed by atoms with Crippen LogP contribution in [-0.4, -0.2) is 31.7 Å². The Hall–Kier alpha value is -0.320. The number of carbonyl (C=O) groups is 1. The van der Waals surface area contributed by atoms with Gasteiger partial charge in [0.25, 0.3) is 0 Å². The van der Waals surface area contributed by atoms with Crippen molar-refractivity contribution < 1.29 is 9.53 Å². The molecule has 0 aromatic heterocycles. The van der Waals surface area contributed by atoms with E-state index in [0.717, 1.165) is 12.5 Å². The predicted molar refractivity (Wildman–Crippen MR) is 62.1 cm³/mol. The minimum Gasteiger partial charge on any atom is -0.381 e. The zero-order valence-corrected chi connectivity index (χ0v) is 10.0. The molecule has 1 saturated carbocycles. The summed E-state index contributed by atoms with van der Waals surface area (Å²) in [5.74, 6) is 0.791. The fourth-order valence-corrected chi connectivity index (χ4v) is 1.11. The van der Waals surface area contributed by atoms with E-state index < -0.39 is 0 Å². The highest BCUT2D eigenvalue weighted by Crippen LogP contribution is 2.28. The molecule has 3 N–H and O–H groups in total. The van der Waals surface area contributed by atoms with Gasteiger partial charge in [0.15, 0.2) is 0 Å². The number of rotatable bonds is 7. The summed E-state index contributed by atoms with van der Waals surface area (Å²) in [5.41, 5.74) is 5.38. The van der Waals surface area contributed by atoms with Gasteiger partial charge in [-0.15, -0.1) is 12.4 Å². The average Bonchev–Trinajstić information content (AvgIpc) is 2.96. The maximum atomic E-state index is 11.2. The second kappa shape index (κ2) is 7.91. The predicted octanol–water partition coefficient (Wildman–Crippen LogP) is 0.688. The van der Waals surface area contributed by atoms with Gasteiger partial charge in [0.05, 0.1) is 6.61 Å². The van der Waals surface area contributed by atoms with Crippen molar-refractivity contribution in [1.29, 1.82) is 0 Å². The fourth-order valence-electron chi connectivity index (χ4n) is 1.11. The lowest BCUT2D eigenvalue weighted by Gasteiger charge is -2.10. The zero-order valence-electron chi connectivity index (χ0n) is 9.20. The van der Waals surface area contributed by atoms with Crippen LogP contribution >= 0.6 is 12.4 Å². The molecule has 1 aliphatic rings. The normalized spacial score (nSPS) is 16.7. The molecule has 5 heteroatoms. The van der Waals surface area contributed by atoms with Crippen molar-refractivity contribution in [3.8, 4) is 0 Å². The monoisotopic (exact) mass is 236 g/mol. The fraction of sp³-hybridized carbons (Fsp3) is 0.900. The summed E-state index contributed by atoms with van der Waals surface area (Å²) in [6, 6.07) is 0.0610. The molecule has 1 fully saturated rings. The Kier molecular flexibility index (Phi) is 7.74. The molecular weight excluding hydrogens is 216 g/mol. The first-order valence-electron chi connectivity index (χ1n) is 5.29. The van der Waals surface area contributed by atoms with Crippen molar-refractivity contribution in [1.82, 2.24) is 5.32 Å². The van der Waals surface area contributed by atoms with E-state index >= 15 is 0 Å². The summed E-state index contributed by atoms with van der Waals surface area (Å²) in [6.07, 6.45) is 3.02. The summed E-state index contributed by atoms with van der Waals surface area (Å²) >= 11 is 0. The van der Waals surface area contributed by atoms with E-state index in [0.29, 0.717) is 19.6 Å². The van der Waals surface area contributed by atoms with Gasteiger partial charge < -0.3 is 15.8 Å². The molecule has 1 amide bonds. The molecule has 0 aliphatic heterocycles. The van der Waals surface area contributed by atoms with Gasteiger partial charge in [-0.05, 0) is 25.7 Å². The van der Waals surface area contributed by atoms with Crippen molar-refractivity contribution in [3.63, 3.8) is 0 Å². The quantitative estimate of drug-likeness (QED) is 0.640. The highest BCUT2D eigenvalue weighted by molar-refractivity contribution is 5.85. The molecular formula is C10H21ClN2O2. The highest BCUT2D eigenvalue weighted by Gasteiger charge is 2.21. The first-order valence-corrected chi connectivity index (χ1v) is 5.29. The van der Waals surface area contributed by atoms with Gasteiger partial charge in [-0.3, -0.25) is 4.79 Å². The van der Waals surface area contributed by atoms with Gasteiger partial charge in [-0.2, -0.15) is 0 Å². The summed E-state index contributed by atoms with van der Waals surface area (Å²) in [6.45, 7) is 3.72. The number of nitrogens with two attached hydrogens (primary N) is 1. The van der Waals surface area contributed by atoms with Crippen LogP contribution in [0.1, 0.15) is 26.2 Å². The van der Waals surface area contributed by atoms with Gasteiger partial charge in [-0.25, -0.2) is 0 Å². The number of halogens is 1. The van der Waals surface area contributed by atoms with Crippen molar-refractivity contribution in [2.24, 2.45) is 11.7 Å². The molecule has 0 saturated heterocycles. The van der Waals surface area contributed by atoms with Gasteiger partial charge >= 0.3 is 0 Å². The smallest absolute Gasteiger partial charge is 0.222 e. The minimum absolute atomic E-state index is 0. The number of ether oxygens (including phenoxy) is 1. The topological polar surface area (TPSA) is 64.3 Å². The number of amides is 1. The van der Waals surface area contributed by atoms with Crippen LogP contribution in [0, 0.1) is 5.92 Å². The average molecular weight is 237 g/mol. The largest absolute Gasteiger partial charge is 0.381 e. The molecule has 0 unspecified atom stereocenters. The van der Waals surface area contributed by atoms with Crippen LogP contribution in [0.25, 0.3) is 0 Å². The molecule has 0 spiro atoms. The Morgan fingerprint density at radius 3 is 2.80 bits per heavy atom. The first kappa shape index (κ1) is 14.7. The summed E-state index contributed by atoms with van der Waals surface area (Å²) in [7, 11) is 0. The summed E-state index contributed by atoms with van der Waals surface area (Å²) in [5, 5.41) is 2.79. The molecule has 15 heavy (non-hydrogen) atoms. The molecule has 0 aromatic rings. The third-order valence-electron chi connectivity index (χ3n) is 2.28. The van der Waals surface area contributed by atoms with Crippen LogP contribution in [-0.2, 0) is 9.53 Å². The van der Waals surface area contributed by atoms with E-state index in [4.69, 9.17) is 10.5 Å². The number of hydrogen-bond acceptors (Lipinski definition) is 3. The van der Waals surface area contributed by atoms with Crippen LogP contribution in [0.15, 0.2) is 0 Å². The molecule has 1 aliphatic carbocycles. The van der Waals surface area contributed by atoms with Crippen molar-refractivity contribution in [3.05, 3.63) is 0 Å². The Bertz CT molecular complexity index is 186. The first-order chi connectivity index (χ1) is 6.72. The van der Waals surface area contributed by atoms with Crippen LogP contribution in [0.4, 0.5) is 0 Å². The lowest BCUT2D eigenvalue weighted by Crippen LogP contribution is -2.38. The van der Waals surface area contributed by atoms with E-state index in [1.807, 2.05) is 6.92 Å². The number of carbonyl (C=O) groups excluding carboxylic acids is 1. The highest BCUT2D eigenvalue weighted by atomic mass is 35.5. The van der Waals surface area contributed by atoms with Crippen LogP contribution < -0.4 is 11.1 Å². The Morgan fingerprint density at radius 2 is 2.27 bits per heavy atom. The van der Waals surface area contributed by atoms with Crippen molar-refractivity contribution in [2.45, 2.75) is 32.2 Å². The number of hydrogen-bond donors (Lipinski definition) is 2. The molecule has 4 nitrogen and oxygen atoms in total. The molecule has 90 valence electrons. The second-order valence-corrected chi connectivity index (χ2v) is 3.97. The molecule has 1 atom stereocenters. The van der Waals surface area contributed by atoms with E-state index in [1.54, 1.807) is 0 Å². The Balaban J connectivity index is 0.00000196. The van der Waals surface area contributed by atoms with Gasteiger partial charge in [0.1, 0.15) is 0 Å². The lowest BCUT2D eigenvalue weighted by atomic mass is 10.3. The zero-order chi connectivity index (χ0) is 10.4. The molecule has 0 heterocycles. The maximum absolute atomic E-state index is 11.2. The molecule has 1 rings (SSSR count). The summed E-state index contributed by atoms with van der Waals surface area (Å²) < 4.78 is 5.35. The van der Waals surface area contributed by atoms with E-state index in [-0.39, 0.29) is 24.4 Å². The van der Waals surface area contributed by atoms with Crippen LogP contribution in [0.5, 0.6) is 0 Å². The third-order valence-corrected chi connectivity index (χ3v) is 2.28. The minimum atomic E-state index is 0. The van der Waals surface area contributed by atoms with Gasteiger partial charge in [0, 0.05) is 25.6 Å². The van der Waals surface area contributed by atoms with Gasteiger partial charge in [0.2, 0.25) is 5.91 Å². The second-order valence-electron chi connectivity index (χ2n) is 3.97. The number of nitrogens with one attached hydrogen (secondary N) is 1. The SMILES string of the molecule is C[C@H](CN)NC(=O)CCOCC1CC1.Cl. The standard InChI is InChI=1S/C10H20N2O2.ClH/c1-8(6-11)12-10(13)4-5-14-7-9-2-3-9;/h8-9H,2-7,11H2,1H3,(H,12,13);1H/t8-;/m1./s1. The van der Waals surface area contributed by atoms with Crippen LogP contribution in [0.2, 0.25) is 0 Å². The molecule has 0 bridgehead atoms. The van der Waals surface area contributed by atoms with Gasteiger partial charge in [-0.1, -0.05) is 0 Å². The van der Waals surface area contributed by atoms with E-state index in [1.165, 1.54) is 12.8 Å². The Morgan fingerprint density at radius 1 is 1.60 bits per heavy atom. The summed E-state index contributed by atoms with van der Waals surface area (Å²) in [4.78, 5) is 11.2.